The molecule has 2 rings (SSSR count). The fourth-order valence-electron chi connectivity index (χ4n) is 1.63. The maximum atomic E-state index is 10.5. The Morgan fingerprint density at radius 1 is 1.64 bits per heavy atom. The van der Waals surface area contributed by atoms with Crippen molar-refractivity contribution in [3.63, 3.8) is 0 Å². The maximum Gasteiger partial charge on any atom is 0.404 e. The average molecular weight is 213 g/mol. The van der Waals surface area contributed by atoms with Gasteiger partial charge >= 0.3 is 6.09 Å². The zero-order chi connectivity index (χ0) is 10.1. The van der Waals surface area contributed by atoms with Crippen LogP contribution < -0.4 is 11.5 Å². The lowest BCUT2D eigenvalue weighted by Crippen LogP contribution is -2.27. The number of ether oxygens (including phenoxy) is 1. The van der Waals surface area contributed by atoms with E-state index in [2.05, 4.69) is 4.98 Å². The fourth-order valence-corrected chi connectivity index (χ4v) is 2.57. The molecule has 1 aliphatic carbocycles. The molecule has 1 aromatic heterocycles. The Bertz CT molecular complexity index is 363. The van der Waals surface area contributed by atoms with Crippen molar-refractivity contribution in [2.75, 3.05) is 5.73 Å². The summed E-state index contributed by atoms with van der Waals surface area (Å²) in [4.78, 5) is 15.8. The smallest absolute Gasteiger partial charge is 0.404 e. The minimum Gasteiger partial charge on any atom is -0.446 e. The maximum absolute atomic E-state index is 10.5. The lowest BCUT2D eigenvalue weighted by atomic mass is 10.0. The number of primary amides is 1. The van der Waals surface area contributed by atoms with Gasteiger partial charge < -0.3 is 16.2 Å². The third-order valence-electron chi connectivity index (χ3n) is 2.19. The van der Waals surface area contributed by atoms with Crippen LogP contribution in [0.1, 0.15) is 17.0 Å². The molecule has 5 nitrogen and oxygen atoms in total. The summed E-state index contributed by atoms with van der Waals surface area (Å²) in [6, 6.07) is 0. The molecule has 0 saturated heterocycles. The molecule has 1 atom stereocenters. The number of nitrogen functional groups attached to an aromatic ring is 1. The number of hydrogen-bond donors (Lipinski definition) is 2. The van der Waals surface area contributed by atoms with Crippen molar-refractivity contribution in [1.29, 1.82) is 0 Å². The number of aromatic nitrogens is 1. The van der Waals surface area contributed by atoms with Gasteiger partial charge in [0.15, 0.2) is 5.13 Å². The molecule has 4 N–H and O–H groups in total. The van der Waals surface area contributed by atoms with E-state index in [1.165, 1.54) is 11.3 Å². The lowest BCUT2D eigenvalue weighted by molar-refractivity contribution is 0.0983. The summed E-state index contributed by atoms with van der Waals surface area (Å²) < 4.78 is 4.93. The van der Waals surface area contributed by atoms with Crippen LogP contribution in [-0.4, -0.2) is 17.2 Å². The first-order chi connectivity index (χ1) is 6.65. The third-order valence-corrected chi connectivity index (χ3v) is 3.14. The van der Waals surface area contributed by atoms with E-state index in [4.69, 9.17) is 16.2 Å². The molecule has 1 amide bonds. The topological polar surface area (TPSA) is 91.2 Å². The highest BCUT2D eigenvalue weighted by atomic mass is 32.1. The van der Waals surface area contributed by atoms with Gasteiger partial charge in [-0.25, -0.2) is 9.78 Å². The van der Waals surface area contributed by atoms with Crippen LogP contribution in [0.5, 0.6) is 0 Å². The van der Waals surface area contributed by atoms with E-state index in [1.807, 2.05) is 0 Å². The number of amides is 1. The van der Waals surface area contributed by atoms with Crippen molar-refractivity contribution in [2.24, 2.45) is 5.73 Å². The zero-order valence-electron chi connectivity index (χ0n) is 7.53. The number of nitrogens with two attached hydrogens (primary N) is 2. The predicted octanol–water partition coefficient (Wildman–Crippen LogP) is 0.678. The van der Waals surface area contributed by atoms with E-state index in [-0.39, 0.29) is 6.10 Å². The molecule has 0 bridgehead atoms. The van der Waals surface area contributed by atoms with E-state index in [0.29, 0.717) is 11.6 Å². The normalized spacial score (nSPS) is 20.1. The molecule has 14 heavy (non-hydrogen) atoms. The van der Waals surface area contributed by atoms with Crippen LogP contribution in [0, 0.1) is 0 Å². The van der Waals surface area contributed by atoms with Gasteiger partial charge in [0, 0.05) is 11.3 Å². The van der Waals surface area contributed by atoms with Crippen LogP contribution in [-0.2, 0) is 17.6 Å². The number of rotatable bonds is 1. The van der Waals surface area contributed by atoms with E-state index in [1.54, 1.807) is 0 Å². The Balaban J connectivity index is 2.09. The predicted molar refractivity (Wildman–Crippen MR) is 53.0 cm³/mol. The summed E-state index contributed by atoms with van der Waals surface area (Å²) in [5.41, 5.74) is 11.6. The van der Waals surface area contributed by atoms with Crippen molar-refractivity contribution in [3.8, 4) is 0 Å². The quantitative estimate of drug-likeness (QED) is 0.717. The van der Waals surface area contributed by atoms with Crippen LogP contribution in [0.3, 0.4) is 0 Å². The second-order valence-corrected chi connectivity index (χ2v) is 4.34. The Labute approximate surface area is 85.1 Å². The van der Waals surface area contributed by atoms with Crippen LogP contribution in [0.2, 0.25) is 0 Å². The van der Waals surface area contributed by atoms with E-state index in [9.17, 15) is 4.79 Å². The van der Waals surface area contributed by atoms with Crippen molar-refractivity contribution >= 4 is 22.6 Å². The summed E-state index contributed by atoms with van der Waals surface area (Å²) in [5.74, 6) is 0. The van der Waals surface area contributed by atoms with Crippen molar-refractivity contribution in [1.82, 2.24) is 4.98 Å². The highest BCUT2D eigenvalue weighted by Gasteiger charge is 2.23. The molecule has 0 aliphatic heterocycles. The van der Waals surface area contributed by atoms with Gasteiger partial charge in [-0.2, -0.15) is 0 Å². The second kappa shape index (κ2) is 3.45. The molecule has 76 valence electrons. The summed E-state index contributed by atoms with van der Waals surface area (Å²) in [6.45, 7) is 0. The van der Waals surface area contributed by atoms with Gasteiger partial charge in [0.05, 0.1) is 5.69 Å². The monoisotopic (exact) mass is 213 g/mol. The summed E-state index contributed by atoms with van der Waals surface area (Å²) in [6.07, 6.45) is 1.45. The van der Waals surface area contributed by atoms with Gasteiger partial charge in [0.2, 0.25) is 0 Å². The highest BCUT2D eigenvalue weighted by Crippen LogP contribution is 2.29. The van der Waals surface area contributed by atoms with Crippen molar-refractivity contribution in [2.45, 2.75) is 25.4 Å². The molecule has 1 aromatic rings. The zero-order valence-corrected chi connectivity index (χ0v) is 8.34. The Morgan fingerprint density at radius 3 is 3.14 bits per heavy atom. The number of thiazole rings is 1. The van der Waals surface area contributed by atoms with Crippen molar-refractivity contribution < 1.29 is 9.53 Å². The molecule has 0 fully saturated rings. The minimum atomic E-state index is -0.712. The summed E-state index contributed by atoms with van der Waals surface area (Å²) in [7, 11) is 0. The second-order valence-electron chi connectivity index (χ2n) is 3.22. The number of carbonyl (C=O) groups is 1. The molecular weight excluding hydrogens is 202 g/mol. The fraction of sp³-hybridized carbons (Fsp3) is 0.500. The largest absolute Gasteiger partial charge is 0.446 e. The SMILES string of the molecule is NC(=O)O[C@@H]1CCc2nc(N)sc2C1. The van der Waals surface area contributed by atoms with Crippen LogP contribution in [0.4, 0.5) is 9.93 Å². The van der Waals surface area contributed by atoms with Crippen LogP contribution in [0.15, 0.2) is 0 Å². The van der Waals surface area contributed by atoms with Crippen LogP contribution in [0.25, 0.3) is 0 Å². The number of aryl methyl sites for hydroxylation is 1. The molecular formula is C8H11N3O2S. The van der Waals surface area contributed by atoms with E-state index >= 15 is 0 Å². The molecule has 6 heteroatoms. The number of hydrogen-bond acceptors (Lipinski definition) is 5. The molecule has 0 unspecified atom stereocenters. The van der Waals surface area contributed by atoms with Gasteiger partial charge in [-0.05, 0) is 12.8 Å². The highest BCUT2D eigenvalue weighted by molar-refractivity contribution is 7.15. The standard InChI is InChI=1S/C8H11N3O2S/c9-7-11-5-2-1-4(13-8(10)12)3-6(5)14-7/h4H,1-3H2,(H2,9,11)(H2,10,12)/t4-/m1/s1. The van der Waals surface area contributed by atoms with Gasteiger partial charge in [0.25, 0.3) is 0 Å². The third kappa shape index (κ3) is 1.79. The van der Waals surface area contributed by atoms with Crippen LogP contribution >= 0.6 is 11.3 Å². The van der Waals surface area contributed by atoms with E-state index in [0.717, 1.165) is 23.4 Å². The lowest BCUT2D eigenvalue weighted by Gasteiger charge is -2.19. The number of carbonyl (C=O) groups excluding carboxylic acids is 1. The number of anilines is 1. The number of fused-ring (bicyclic) bond motifs is 1. The van der Waals surface area contributed by atoms with Crippen molar-refractivity contribution in [3.05, 3.63) is 10.6 Å². The molecule has 1 aliphatic rings. The van der Waals surface area contributed by atoms with E-state index < -0.39 is 6.09 Å². The summed E-state index contributed by atoms with van der Waals surface area (Å²) in [5, 5.41) is 0.578. The first-order valence-electron chi connectivity index (χ1n) is 4.35. The summed E-state index contributed by atoms with van der Waals surface area (Å²) >= 11 is 1.46. The Kier molecular flexibility index (Phi) is 2.28. The molecule has 1 heterocycles. The van der Waals surface area contributed by atoms with Gasteiger partial charge in [-0.1, -0.05) is 0 Å². The molecule has 0 saturated carbocycles. The van der Waals surface area contributed by atoms with Gasteiger partial charge in [-0.3, -0.25) is 0 Å². The average Bonchev–Trinajstić information content (AvgIpc) is 2.42. The Morgan fingerprint density at radius 2 is 2.43 bits per heavy atom. The van der Waals surface area contributed by atoms with Gasteiger partial charge in [-0.15, -0.1) is 11.3 Å². The number of nitrogens with zero attached hydrogens (tertiary/aromatic N) is 1. The molecule has 0 aromatic carbocycles. The molecule has 0 radical (unpaired) electrons. The first kappa shape index (κ1) is 9.26. The molecule has 0 spiro atoms. The first-order valence-corrected chi connectivity index (χ1v) is 5.17. The van der Waals surface area contributed by atoms with Gasteiger partial charge in [0.1, 0.15) is 6.10 Å². The minimum absolute atomic E-state index is 0.111. The Hall–Kier alpha value is -1.30.